The Hall–Kier alpha value is -0.600. The van der Waals surface area contributed by atoms with Crippen LogP contribution in [0.5, 0.6) is 0 Å². The lowest BCUT2D eigenvalue weighted by Gasteiger charge is -2.24. The fourth-order valence-corrected chi connectivity index (χ4v) is 3.15. The van der Waals surface area contributed by atoms with Gasteiger partial charge in [0.2, 0.25) is 0 Å². The molecular formula is C16H23ClFN. The Morgan fingerprint density at radius 1 is 1.26 bits per heavy atom. The minimum Gasteiger partial charge on any atom is -0.310 e. The van der Waals surface area contributed by atoms with Crippen molar-refractivity contribution in [2.24, 2.45) is 5.92 Å². The Balaban J connectivity index is 1.86. The van der Waals surface area contributed by atoms with E-state index in [-0.39, 0.29) is 5.82 Å². The summed E-state index contributed by atoms with van der Waals surface area (Å²) in [6.45, 7) is 2.98. The standard InChI is InChI=1S/C16H23ClFN/c1-12(13-6-4-2-3-5-7-13)19-11-14-8-9-15(18)10-16(14)17/h8-10,12-13,19H,2-7,11H2,1H3/t12-/m0/s1. The van der Waals surface area contributed by atoms with Crippen LogP contribution in [0.4, 0.5) is 4.39 Å². The van der Waals surface area contributed by atoms with Gasteiger partial charge in [0.1, 0.15) is 5.82 Å². The zero-order valence-electron chi connectivity index (χ0n) is 11.6. The van der Waals surface area contributed by atoms with Crippen molar-refractivity contribution in [1.29, 1.82) is 0 Å². The van der Waals surface area contributed by atoms with E-state index in [0.29, 0.717) is 11.1 Å². The first-order valence-electron chi connectivity index (χ1n) is 7.34. The second kappa shape index (κ2) is 7.25. The predicted molar refractivity (Wildman–Crippen MR) is 78.9 cm³/mol. The van der Waals surface area contributed by atoms with Crippen LogP contribution in [0.15, 0.2) is 18.2 Å². The van der Waals surface area contributed by atoms with Crippen molar-refractivity contribution in [2.75, 3.05) is 0 Å². The Kier molecular flexibility index (Phi) is 5.65. The molecule has 19 heavy (non-hydrogen) atoms. The van der Waals surface area contributed by atoms with E-state index in [9.17, 15) is 4.39 Å². The SMILES string of the molecule is C[C@H](NCc1ccc(F)cc1Cl)C1CCCCCC1. The summed E-state index contributed by atoms with van der Waals surface area (Å²) in [7, 11) is 0. The average Bonchev–Trinajstić information content (AvgIpc) is 2.66. The van der Waals surface area contributed by atoms with E-state index < -0.39 is 0 Å². The summed E-state index contributed by atoms with van der Waals surface area (Å²) in [4.78, 5) is 0. The third kappa shape index (κ3) is 4.47. The van der Waals surface area contributed by atoms with Crippen LogP contribution in [0.2, 0.25) is 5.02 Å². The lowest BCUT2D eigenvalue weighted by molar-refractivity contribution is 0.336. The van der Waals surface area contributed by atoms with Crippen molar-refractivity contribution in [3.05, 3.63) is 34.6 Å². The van der Waals surface area contributed by atoms with Crippen molar-refractivity contribution in [3.8, 4) is 0 Å². The summed E-state index contributed by atoms with van der Waals surface area (Å²) < 4.78 is 13.0. The first-order valence-corrected chi connectivity index (χ1v) is 7.72. The molecule has 2 rings (SSSR count). The van der Waals surface area contributed by atoms with Crippen molar-refractivity contribution < 1.29 is 4.39 Å². The normalized spacial score (nSPS) is 19.1. The van der Waals surface area contributed by atoms with Crippen LogP contribution in [0.1, 0.15) is 51.0 Å². The molecule has 0 bridgehead atoms. The summed E-state index contributed by atoms with van der Waals surface area (Å²) >= 11 is 6.04. The van der Waals surface area contributed by atoms with E-state index in [1.165, 1.54) is 50.7 Å². The fraction of sp³-hybridized carbons (Fsp3) is 0.625. The van der Waals surface area contributed by atoms with Crippen molar-refractivity contribution in [3.63, 3.8) is 0 Å². The van der Waals surface area contributed by atoms with Gasteiger partial charge >= 0.3 is 0 Å². The van der Waals surface area contributed by atoms with Gasteiger partial charge in [0.05, 0.1) is 0 Å². The Morgan fingerprint density at radius 3 is 2.58 bits per heavy atom. The second-order valence-corrected chi connectivity index (χ2v) is 6.06. The predicted octanol–water partition coefficient (Wildman–Crippen LogP) is 4.93. The van der Waals surface area contributed by atoms with Crippen LogP contribution in [0, 0.1) is 11.7 Å². The Bertz CT molecular complexity index is 400. The zero-order chi connectivity index (χ0) is 13.7. The molecule has 1 nitrogen and oxygen atoms in total. The van der Waals surface area contributed by atoms with Crippen LogP contribution in [0.25, 0.3) is 0 Å². The highest BCUT2D eigenvalue weighted by Gasteiger charge is 2.18. The molecular weight excluding hydrogens is 261 g/mol. The van der Waals surface area contributed by atoms with E-state index in [0.717, 1.165) is 18.0 Å². The van der Waals surface area contributed by atoms with Crippen LogP contribution < -0.4 is 5.32 Å². The van der Waals surface area contributed by atoms with Crippen LogP contribution in [-0.2, 0) is 6.54 Å². The smallest absolute Gasteiger partial charge is 0.124 e. The largest absolute Gasteiger partial charge is 0.310 e. The van der Waals surface area contributed by atoms with Gasteiger partial charge in [-0.3, -0.25) is 0 Å². The molecule has 0 spiro atoms. The van der Waals surface area contributed by atoms with E-state index in [2.05, 4.69) is 12.2 Å². The lowest BCUT2D eigenvalue weighted by atomic mass is 9.93. The number of hydrogen-bond donors (Lipinski definition) is 1. The van der Waals surface area contributed by atoms with Gasteiger partial charge in [0, 0.05) is 17.6 Å². The number of benzene rings is 1. The van der Waals surface area contributed by atoms with E-state index >= 15 is 0 Å². The molecule has 1 aromatic carbocycles. The first kappa shape index (κ1) is 14.8. The molecule has 1 N–H and O–H groups in total. The molecule has 0 aliphatic heterocycles. The molecule has 1 fully saturated rings. The first-order chi connectivity index (χ1) is 9.16. The molecule has 0 amide bonds. The highest BCUT2D eigenvalue weighted by atomic mass is 35.5. The Morgan fingerprint density at radius 2 is 1.95 bits per heavy atom. The second-order valence-electron chi connectivity index (χ2n) is 5.66. The van der Waals surface area contributed by atoms with Gasteiger partial charge in [-0.1, -0.05) is 43.4 Å². The number of halogens is 2. The Labute approximate surface area is 120 Å². The maximum atomic E-state index is 13.0. The molecule has 1 saturated carbocycles. The summed E-state index contributed by atoms with van der Waals surface area (Å²) in [6, 6.07) is 5.12. The summed E-state index contributed by atoms with van der Waals surface area (Å²) in [5, 5.41) is 4.06. The molecule has 1 aromatic rings. The van der Waals surface area contributed by atoms with Gasteiger partial charge in [-0.05, 0) is 43.4 Å². The molecule has 106 valence electrons. The van der Waals surface area contributed by atoms with Gasteiger partial charge in [-0.2, -0.15) is 0 Å². The highest BCUT2D eigenvalue weighted by Crippen LogP contribution is 2.26. The fourth-order valence-electron chi connectivity index (χ4n) is 2.91. The number of nitrogens with one attached hydrogen (secondary N) is 1. The monoisotopic (exact) mass is 283 g/mol. The van der Waals surface area contributed by atoms with Gasteiger partial charge in [-0.15, -0.1) is 0 Å². The van der Waals surface area contributed by atoms with Crippen molar-refractivity contribution >= 4 is 11.6 Å². The molecule has 0 aromatic heterocycles. The van der Waals surface area contributed by atoms with Crippen LogP contribution in [-0.4, -0.2) is 6.04 Å². The minimum absolute atomic E-state index is 0.273. The highest BCUT2D eigenvalue weighted by molar-refractivity contribution is 6.31. The van der Waals surface area contributed by atoms with Gasteiger partial charge in [0.25, 0.3) is 0 Å². The van der Waals surface area contributed by atoms with Crippen LogP contribution in [0.3, 0.4) is 0 Å². The molecule has 0 saturated heterocycles. The van der Waals surface area contributed by atoms with E-state index in [1.807, 2.05) is 0 Å². The quantitative estimate of drug-likeness (QED) is 0.773. The molecule has 0 unspecified atom stereocenters. The molecule has 1 atom stereocenters. The molecule has 1 aliphatic rings. The molecule has 3 heteroatoms. The van der Waals surface area contributed by atoms with Gasteiger partial charge in [-0.25, -0.2) is 4.39 Å². The van der Waals surface area contributed by atoms with Crippen molar-refractivity contribution in [1.82, 2.24) is 5.32 Å². The maximum Gasteiger partial charge on any atom is 0.124 e. The third-order valence-electron chi connectivity index (χ3n) is 4.24. The average molecular weight is 284 g/mol. The maximum absolute atomic E-state index is 13.0. The lowest BCUT2D eigenvalue weighted by Crippen LogP contribution is -2.33. The molecule has 1 aliphatic carbocycles. The molecule has 0 radical (unpaired) electrons. The van der Waals surface area contributed by atoms with Crippen LogP contribution >= 0.6 is 11.6 Å². The molecule has 0 heterocycles. The topological polar surface area (TPSA) is 12.0 Å². The summed E-state index contributed by atoms with van der Waals surface area (Å²) in [6.07, 6.45) is 8.12. The van der Waals surface area contributed by atoms with E-state index in [4.69, 9.17) is 11.6 Å². The number of hydrogen-bond acceptors (Lipinski definition) is 1. The van der Waals surface area contributed by atoms with Gasteiger partial charge < -0.3 is 5.32 Å². The zero-order valence-corrected chi connectivity index (χ0v) is 12.3. The summed E-state index contributed by atoms with van der Waals surface area (Å²) in [5.41, 5.74) is 0.975. The third-order valence-corrected chi connectivity index (χ3v) is 4.59. The number of rotatable bonds is 4. The van der Waals surface area contributed by atoms with Crippen molar-refractivity contribution in [2.45, 2.75) is 58.0 Å². The summed E-state index contributed by atoms with van der Waals surface area (Å²) in [5.74, 6) is 0.493. The van der Waals surface area contributed by atoms with E-state index in [1.54, 1.807) is 6.07 Å². The van der Waals surface area contributed by atoms with Gasteiger partial charge in [0.15, 0.2) is 0 Å². The minimum atomic E-state index is -0.273.